The molecule has 0 aliphatic heterocycles. The molecule has 1 aromatic rings. The minimum absolute atomic E-state index is 0.0565. The molecule has 2 N–H and O–H groups in total. The summed E-state index contributed by atoms with van der Waals surface area (Å²) in [6, 6.07) is 4.65. The van der Waals surface area contributed by atoms with Gasteiger partial charge in [-0.15, -0.1) is 0 Å². The minimum Gasteiger partial charge on any atom is -0.508 e. The van der Waals surface area contributed by atoms with Crippen LogP contribution >= 0.6 is 11.6 Å². The van der Waals surface area contributed by atoms with Gasteiger partial charge < -0.3 is 10.4 Å². The summed E-state index contributed by atoms with van der Waals surface area (Å²) >= 11 is 5.90. The quantitative estimate of drug-likeness (QED) is 0.834. The van der Waals surface area contributed by atoms with Gasteiger partial charge in [0.25, 0.3) is 5.91 Å². The zero-order chi connectivity index (χ0) is 11.5. The summed E-state index contributed by atoms with van der Waals surface area (Å²) in [6.45, 7) is 0. The van der Waals surface area contributed by atoms with Gasteiger partial charge in [-0.25, -0.2) is 0 Å². The number of nitrogens with one attached hydrogen (secondary N) is 1. The van der Waals surface area contributed by atoms with Gasteiger partial charge in [0.2, 0.25) is 0 Å². The van der Waals surface area contributed by atoms with E-state index in [1.54, 1.807) is 0 Å². The van der Waals surface area contributed by atoms with Gasteiger partial charge in [-0.1, -0.05) is 24.4 Å². The van der Waals surface area contributed by atoms with Crippen molar-refractivity contribution in [2.24, 2.45) is 0 Å². The van der Waals surface area contributed by atoms with E-state index in [4.69, 9.17) is 11.6 Å². The molecule has 1 aliphatic rings. The second-order valence-electron chi connectivity index (χ2n) is 4.12. The van der Waals surface area contributed by atoms with E-state index < -0.39 is 0 Å². The number of halogens is 1. The van der Waals surface area contributed by atoms with Crippen molar-refractivity contribution in [1.29, 1.82) is 0 Å². The van der Waals surface area contributed by atoms with Crippen molar-refractivity contribution >= 4 is 17.5 Å². The Kier molecular flexibility index (Phi) is 3.34. The normalized spacial score (nSPS) is 16.3. The SMILES string of the molecule is O=C(NC1CCCC1)c1cc(O)ccc1Cl. The molecule has 0 heterocycles. The van der Waals surface area contributed by atoms with Crippen molar-refractivity contribution in [1.82, 2.24) is 5.32 Å². The first kappa shape index (κ1) is 11.3. The van der Waals surface area contributed by atoms with Gasteiger partial charge in [-0.2, -0.15) is 0 Å². The monoisotopic (exact) mass is 239 g/mol. The standard InChI is InChI=1S/C12H14ClNO2/c13-11-6-5-9(15)7-10(11)12(16)14-8-3-1-2-4-8/h5-8,15H,1-4H2,(H,14,16). The molecule has 0 spiro atoms. The van der Waals surface area contributed by atoms with Gasteiger partial charge in [-0.3, -0.25) is 4.79 Å². The van der Waals surface area contributed by atoms with Crippen molar-refractivity contribution in [2.45, 2.75) is 31.7 Å². The summed E-state index contributed by atoms with van der Waals surface area (Å²) in [5, 5.41) is 12.6. The first-order chi connectivity index (χ1) is 7.66. The maximum absolute atomic E-state index is 11.9. The Balaban J connectivity index is 2.10. The summed E-state index contributed by atoms with van der Waals surface area (Å²) < 4.78 is 0. The smallest absolute Gasteiger partial charge is 0.253 e. The molecule has 0 radical (unpaired) electrons. The molecule has 0 atom stereocenters. The van der Waals surface area contributed by atoms with Crippen LogP contribution in [0.25, 0.3) is 0 Å². The molecule has 0 bridgehead atoms. The average molecular weight is 240 g/mol. The molecule has 86 valence electrons. The Labute approximate surface area is 99.4 Å². The molecule has 16 heavy (non-hydrogen) atoms. The molecule has 1 aliphatic carbocycles. The highest BCUT2D eigenvalue weighted by atomic mass is 35.5. The number of benzene rings is 1. The van der Waals surface area contributed by atoms with Crippen LogP contribution in [0.15, 0.2) is 18.2 Å². The van der Waals surface area contributed by atoms with Crippen molar-refractivity contribution < 1.29 is 9.90 Å². The third kappa shape index (κ3) is 2.47. The number of rotatable bonds is 2. The predicted octanol–water partition coefficient (Wildman–Crippen LogP) is 2.72. The van der Waals surface area contributed by atoms with Crippen molar-refractivity contribution in [3.05, 3.63) is 28.8 Å². The molecular weight excluding hydrogens is 226 g/mol. The van der Waals surface area contributed by atoms with Crippen LogP contribution in [0.2, 0.25) is 5.02 Å². The lowest BCUT2D eigenvalue weighted by Gasteiger charge is -2.12. The molecule has 1 aromatic carbocycles. The molecule has 1 fully saturated rings. The number of aromatic hydroxyl groups is 1. The van der Waals surface area contributed by atoms with Gasteiger partial charge in [0.05, 0.1) is 10.6 Å². The number of carbonyl (C=O) groups excluding carboxylic acids is 1. The highest BCUT2D eigenvalue weighted by molar-refractivity contribution is 6.33. The second-order valence-corrected chi connectivity index (χ2v) is 4.53. The summed E-state index contributed by atoms with van der Waals surface area (Å²) in [6.07, 6.45) is 4.39. The Bertz CT molecular complexity index is 400. The van der Waals surface area contributed by atoms with Crippen molar-refractivity contribution in [2.75, 3.05) is 0 Å². The van der Waals surface area contributed by atoms with Crippen LogP contribution < -0.4 is 5.32 Å². The third-order valence-corrected chi connectivity index (χ3v) is 3.21. The fourth-order valence-electron chi connectivity index (χ4n) is 2.02. The lowest BCUT2D eigenvalue weighted by Crippen LogP contribution is -2.32. The highest BCUT2D eigenvalue weighted by Gasteiger charge is 2.19. The molecule has 0 aromatic heterocycles. The minimum atomic E-state index is -0.201. The number of carbonyl (C=O) groups is 1. The van der Waals surface area contributed by atoms with Gasteiger partial charge in [0.15, 0.2) is 0 Å². The topological polar surface area (TPSA) is 49.3 Å². The fourth-order valence-corrected chi connectivity index (χ4v) is 2.22. The van der Waals surface area contributed by atoms with Gasteiger partial charge in [-0.05, 0) is 31.0 Å². The van der Waals surface area contributed by atoms with Crippen LogP contribution in [0.5, 0.6) is 5.75 Å². The van der Waals surface area contributed by atoms with E-state index in [1.165, 1.54) is 31.0 Å². The molecular formula is C12H14ClNO2. The number of phenols is 1. The van der Waals surface area contributed by atoms with Crippen LogP contribution in [-0.2, 0) is 0 Å². The zero-order valence-electron chi connectivity index (χ0n) is 8.87. The molecule has 4 heteroatoms. The van der Waals surface area contributed by atoms with E-state index in [2.05, 4.69) is 5.32 Å². The van der Waals surface area contributed by atoms with Gasteiger partial charge in [0, 0.05) is 6.04 Å². The fraction of sp³-hybridized carbons (Fsp3) is 0.417. The van der Waals surface area contributed by atoms with E-state index in [0.717, 1.165) is 12.8 Å². The number of phenolic OH excluding ortho intramolecular Hbond substituents is 1. The Morgan fingerprint density at radius 2 is 2.06 bits per heavy atom. The Hall–Kier alpha value is -1.22. The number of hydrogen-bond acceptors (Lipinski definition) is 2. The molecule has 1 amide bonds. The molecule has 2 rings (SSSR count). The lowest BCUT2D eigenvalue weighted by molar-refractivity contribution is 0.0937. The lowest BCUT2D eigenvalue weighted by atomic mass is 10.1. The summed E-state index contributed by atoms with van der Waals surface area (Å²) in [4.78, 5) is 11.9. The summed E-state index contributed by atoms with van der Waals surface area (Å²) in [7, 11) is 0. The summed E-state index contributed by atoms with van der Waals surface area (Å²) in [5.74, 6) is -0.145. The van der Waals surface area contributed by atoms with Crippen LogP contribution in [0.1, 0.15) is 36.0 Å². The van der Waals surface area contributed by atoms with Gasteiger partial charge >= 0.3 is 0 Å². The van der Waals surface area contributed by atoms with E-state index >= 15 is 0 Å². The molecule has 3 nitrogen and oxygen atoms in total. The first-order valence-corrected chi connectivity index (χ1v) is 5.84. The molecule has 1 saturated carbocycles. The maximum Gasteiger partial charge on any atom is 0.253 e. The van der Waals surface area contributed by atoms with Crippen LogP contribution in [0.4, 0.5) is 0 Å². The van der Waals surface area contributed by atoms with Crippen molar-refractivity contribution in [3.63, 3.8) is 0 Å². The van der Waals surface area contributed by atoms with Crippen molar-refractivity contribution in [3.8, 4) is 5.75 Å². The maximum atomic E-state index is 11.9. The Morgan fingerprint density at radius 3 is 2.75 bits per heavy atom. The van der Waals surface area contributed by atoms with E-state index in [9.17, 15) is 9.90 Å². The highest BCUT2D eigenvalue weighted by Crippen LogP contribution is 2.23. The van der Waals surface area contributed by atoms with Crippen LogP contribution in [0, 0.1) is 0 Å². The largest absolute Gasteiger partial charge is 0.508 e. The van der Waals surface area contributed by atoms with E-state index in [0.29, 0.717) is 10.6 Å². The van der Waals surface area contributed by atoms with Gasteiger partial charge in [0.1, 0.15) is 5.75 Å². The third-order valence-electron chi connectivity index (χ3n) is 2.88. The second kappa shape index (κ2) is 4.74. The van der Waals surface area contributed by atoms with E-state index in [-0.39, 0.29) is 17.7 Å². The van der Waals surface area contributed by atoms with E-state index in [1.807, 2.05) is 0 Å². The predicted molar refractivity (Wildman–Crippen MR) is 62.8 cm³/mol. The Morgan fingerprint density at radius 1 is 1.38 bits per heavy atom. The first-order valence-electron chi connectivity index (χ1n) is 5.46. The number of hydrogen-bond donors (Lipinski definition) is 2. The zero-order valence-corrected chi connectivity index (χ0v) is 9.63. The number of amides is 1. The van der Waals surface area contributed by atoms with Crippen LogP contribution in [0.3, 0.4) is 0 Å². The summed E-state index contributed by atoms with van der Waals surface area (Å²) in [5.41, 5.74) is 0.341. The molecule has 0 saturated heterocycles. The van der Waals surface area contributed by atoms with Crippen LogP contribution in [-0.4, -0.2) is 17.1 Å². The molecule has 0 unspecified atom stereocenters. The average Bonchev–Trinajstić information content (AvgIpc) is 2.74.